The summed E-state index contributed by atoms with van der Waals surface area (Å²) in [5, 5.41) is 0. The van der Waals surface area contributed by atoms with E-state index in [1.807, 2.05) is 18.0 Å². The second-order valence-corrected chi connectivity index (χ2v) is 6.29. The normalized spacial score (nSPS) is 21.3. The molecular formula is C16H19N5O. The van der Waals surface area contributed by atoms with Crippen molar-refractivity contribution < 1.29 is 4.79 Å². The van der Waals surface area contributed by atoms with Crippen LogP contribution in [0.3, 0.4) is 0 Å². The number of carbonyl (C=O) groups is 1. The van der Waals surface area contributed by atoms with Gasteiger partial charge >= 0.3 is 0 Å². The Kier molecular flexibility index (Phi) is 3.17. The molecule has 0 aromatic carbocycles. The lowest BCUT2D eigenvalue weighted by atomic mass is 10.1. The van der Waals surface area contributed by atoms with Crippen LogP contribution in [0.5, 0.6) is 0 Å². The predicted molar refractivity (Wildman–Crippen MR) is 80.6 cm³/mol. The Morgan fingerprint density at radius 1 is 1.14 bits per heavy atom. The van der Waals surface area contributed by atoms with Gasteiger partial charge in [0.25, 0.3) is 5.91 Å². The summed E-state index contributed by atoms with van der Waals surface area (Å²) in [6.45, 7) is 3.46. The van der Waals surface area contributed by atoms with Crippen LogP contribution in [-0.2, 0) is 0 Å². The summed E-state index contributed by atoms with van der Waals surface area (Å²) in [6, 6.07) is 0. The number of rotatable bonds is 3. The highest BCUT2D eigenvalue weighted by atomic mass is 16.2. The van der Waals surface area contributed by atoms with E-state index in [0.717, 1.165) is 30.3 Å². The van der Waals surface area contributed by atoms with E-state index in [1.165, 1.54) is 12.8 Å². The van der Waals surface area contributed by atoms with Crippen molar-refractivity contribution in [2.45, 2.75) is 38.0 Å². The van der Waals surface area contributed by atoms with E-state index >= 15 is 0 Å². The number of aromatic nitrogens is 4. The van der Waals surface area contributed by atoms with E-state index in [4.69, 9.17) is 0 Å². The predicted octanol–water partition coefficient (Wildman–Crippen LogP) is 2.02. The standard InChI is InChI=1S/C16H19N5O/c1-10-6-17-15(20-10)12-4-5-21(9-12)16(22)13-7-18-14(19-8-13)11-2-3-11/h6-8,11-12H,2-5,9H2,1H3,(H,17,20). The fourth-order valence-corrected chi connectivity index (χ4v) is 2.99. The topological polar surface area (TPSA) is 74.8 Å². The second-order valence-electron chi connectivity index (χ2n) is 6.29. The largest absolute Gasteiger partial charge is 0.346 e. The summed E-state index contributed by atoms with van der Waals surface area (Å²) >= 11 is 0. The molecule has 22 heavy (non-hydrogen) atoms. The highest BCUT2D eigenvalue weighted by Gasteiger charge is 2.30. The summed E-state index contributed by atoms with van der Waals surface area (Å²) in [7, 11) is 0. The summed E-state index contributed by atoms with van der Waals surface area (Å²) in [5.74, 6) is 2.69. The molecule has 0 bridgehead atoms. The highest BCUT2D eigenvalue weighted by Crippen LogP contribution is 2.37. The van der Waals surface area contributed by atoms with E-state index < -0.39 is 0 Å². The molecule has 6 heteroatoms. The van der Waals surface area contributed by atoms with Gasteiger partial charge in [0.15, 0.2) is 0 Å². The van der Waals surface area contributed by atoms with Crippen LogP contribution in [0.2, 0.25) is 0 Å². The highest BCUT2D eigenvalue weighted by molar-refractivity contribution is 5.93. The van der Waals surface area contributed by atoms with E-state index in [0.29, 0.717) is 23.9 Å². The van der Waals surface area contributed by atoms with Crippen LogP contribution in [0.4, 0.5) is 0 Å². The molecule has 6 nitrogen and oxygen atoms in total. The van der Waals surface area contributed by atoms with Gasteiger partial charge in [-0.2, -0.15) is 0 Å². The number of imidazole rings is 1. The van der Waals surface area contributed by atoms with Crippen LogP contribution < -0.4 is 0 Å². The maximum Gasteiger partial charge on any atom is 0.257 e. The quantitative estimate of drug-likeness (QED) is 0.940. The Labute approximate surface area is 129 Å². The van der Waals surface area contributed by atoms with Crippen LogP contribution in [0.1, 0.15) is 58.8 Å². The number of hydrogen-bond acceptors (Lipinski definition) is 4. The number of nitrogens with zero attached hydrogens (tertiary/aromatic N) is 4. The molecule has 1 N–H and O–H groups in total. The molecule has 2 aromatic rings. The van der Waals surface area contributed by atoms with E-state index in [2.05, 4.69) is 19.9 Å². The van der Waals surface area contributed by atoms with Gasteiger partial charge < -0.3 is 9.88 Å². The van der Waals surface area contributed by atoms with Gasteiger partial charge in [-0.3, -0.25) is 4.79 Å². The lowest BCUT2D eigenvalue weighted by Crippen LogP contribution is -2.28. The number of nitrogens with one attached hydrogen (secondary N) is 1. The monoisotopic (exact) mass is 297 g/mol. The second kappa shape index (κ2) is 5.19. The molecule has 1 aliphatic heterocycles. The Morgan fingerprint density at radius 3 is 2.55 bits per heavy atom. The van der Waals surface area contributed by atoms with Crippen molar-refractivity contribution in [1.29, 1.82) is 0 Å². The van der Waals surface area contributed by atoms with Gasteiger partial charge in [0.05, 0.1) is 5.56 Å². The molecule has 1 saturated carbocycles. The first-order valence-electron chi connectivity index (χ1n) is 7.83. The van der Waals surface area contributed by atoms with Crippen LogP contribution >= 0.6 is 0 Å². The maximum absolute atomic E-state index is 12.5. The zero-order valence-corrected chi connectivity index (χ0v) is 12.6. The number of aromatic amines is 1. The zero-order chi connectivity index (χ0) is 15.1. The Balaban J connectivity index is 1.44. The molecule has 1 aliphatic carbocycles. The minimum atomic E-state index is 0.0214. The zero-order valence-electron chi connectivity index (χ0n) is 12.6. The van der Waals surface area contributed by atoms with Gasteiger partial charge in [-0.15, -0.1) is 0 Å². The van der Waals surface area contributed by atoms with Crippen LogP contribution in [-0.4, -0.2) is 43.8 Å². The fourth-order valence-electron chi connectivity index (χ4n) is 2.99. The van der Waals surface area contributed by atoms with E-state index in [9.17, 15) is 4.79 Å². The Hall–Kier alpha value is -2.24. The third-order valence-electron chi connectivity index (χ3n) is 4.45. The molecule has 1 saturated heterocycles. The van der Waals surface area contributed by atoms with Gasteiger partial charge in [0.2, 0.25) is 0 Å². The van der Waals surface area contributed by atoms with Gasteiger partial charge in [-0.1, -0.05) is 0 Å². The maximum atomic E-state index is 12.5. The molecule has 1 unspecified atom stereocenters. The van der Waals surface area contributed by atoms with Crippen molar-refractivity contribution in [2.75, 3.05) is 13.1 Å². The molecule has 114 valence electrons. The molecule has 2 aliphatic rings. The van der Waals surface area contributed by atoms with Gasteiger partial charge in [-0.25, -0.2) is 15.0 Å². The minimum Gasteiger partial charge on any atom is -0.346 e. The fraction of sp³-hybridized carbons (Fsp3) is 0.500. The molecule has 1 amide bonds. The summed E-state index contributed by atoms with van der Waals surface area (Å²) in [4.78, 5) is 30.7. The first-order valence-corrected chi connectivity index (χ1v) is 7.83. The molecule has 2 aromatic heterocycles. The lowest BCUT2D eigenvalue weighted by Gasteiger charge is -2.15. The van der Waals surface area contributed by atoms with E-state index in [-0.39, 0.29) is 5.91 Å². The number of hydrogen-bond donors (Lipinski definition) is 1. The van der Waals surface area contributed by atoms with Crippen molar-refractivity contribution in [3.05, 3.63) is 41.5 Å². The SMILES string of the molecule is Cc1cnc(C2CCN(C(=O)c3cnc(C4CC4)nc3)C2)[nH]1. The lowest BCUT2D eigenvalue weighted by molar-refractivity contribution is 0.0789. The van der Waals surface area contributed by atoms with Crippen LogP contribution in [0.25, 0.3) is 0 Å². The third-order valence-corrected chi connectivity index (χ3v) is 4.45. The molecule has 1 atom stereocenters. The smallest absolute Gasteiger partial charge is 0.257 e. The molecular weight excluding hydrogens is 278 g/mol. The van der Waals surface area contributed by atoms with Crippen molar-refractivity contribution in [3.8, 4) is 0 Å². The molecule has 3 heterocycles. The van der Waals surface area contributed by atoms with E-state index in [1.54, 1.807) is 12.4 Å². The number of carbonyl (C=O) groups excluding carboxylic acids is 1. The Morgan fingerprint density at radius 2 is 1.91 bits per heavy atom. The van der Waals surface area contributed by atoms with Gasteiger partial charge in [0.1, 0.15) is 11.6 Å². The van der Waals surface area contributed by atoms with Crippen molar-refractivity contribution in [1.82, 2.24) is 24.8 Å². The van der Waals surface area contributed by atoms with Gasteiger partial charge in [0, 0.05) is 49.2 Å². The average Bonchev–Trinajstić information content (AvgIpc) is 3.11. The van der Waals surface area contributed by atoms with Crippen molar-refractivity contribution in [2.24, 2.45) is 0 Å². The number of aryl methyl sites for hydroxylation is 1. The Bertz CT molecular complexity index is 689. The molecule has 4 rings (SSSR count). The summed E-state index contributed by atoms with van der Waals surface area (Å²) in [5.41, 5.74) is 1.64. The molecule has 0 radical (unpaired) electrons. The first kappa shape index (κ1) is 13.4. The molecule has 0 spiro atoms. The number of likely N-dealkylation sites (tertiary alicyclic amines) is 1. The third kappa shape index (κ3) is 2.49. The summed E-state index contributed by atoms with van der Waals surface area (Å²) < 4.78 is 0. The minimum absolute atomic E-state index is 0.0214. The first-order chi connectivity index (χ1) is 10.7. The summed E-state index contributed by atoms with van der Waals surface area (Å²) in [6.07, 6.45) is 8.47. The van der Waals surface area contributed by atoms with Crippen LogP contribution in [0, 0.1) is 6.92 Å². The van der Waals surface area contributed by atoms with Crippen molar-refractivity contribution >= 4 is 5.91 Å². The molecule has 2 fully saturated rings. The van der Waals surface area contributed by atoms with Crippen molar-refractivity contribution in [3.63, 3.8) is 0 Å². The van der Waals surface area contributed by atoms with Gasteiger partial charge in [-0.05, 0) is 26.2 Å². The number of H-pyrrole nitrogens is 1. The number of amides is 1. The van der Waals surface area contributed by atoms with Crippen LogP contribution in [0.15, 0.2) is 18.6 Å². The average molecular weight is 297 g/mol.